The first kappa shape index (κ1) is 16.7. The summed E-state index contributed by atoms with van der Waals surface area (Å²) in [4.78, 5) is 17.0. The summed E-state index contributed by atoms with van der Waals surface area (Å²) < 4.78 is 0. The number of likely N-dealkylation sites (N-methyl/N-ethyl adjacent to an activating group) is 1. The number of carbonyl (C=O) groups excluding carboxylic acids is 1. The molecule has 2 aromatic carbocycles. The lowest BCUT2D eigenvalue weighted by molar-refractivity contribution is 0.0783. The molecule has 0 radical (unpaired) electrons. The minimum absolute atomic E-state index is 0.146. The fourth-order valence-corrected chi connectivity index (χ4v) is 3.33. The first-order valence-electron chi connectivity index (χ1n) is 8.73. The van der Waals surface area contributed by atoms with Crippen LogP contribution in [0.2, 0.25) is 0 Å². The van der Waals surface area contributed by atoms with Gasteiger partial charge in [-0.15, -0.1) is 0 Å². The van der Waals surface area contributed by atoms with Crippen LogP contribution in [0.5, 0.6) is 0 Å². The lowest BCUT2D eigenvalue weighted by Crippen LogP contribution is -2.34. The Bertz CT molecular complexity index is 723. The largest absolute Gasteiger partial charge is 0.337 e. The molecule has 0 spiro atoms. The van der Waals surface area contributed by atoms with E-state index in [-0.39, 0.29) is 5.91 Å². The normalized spacial score (nSPS) is 17.5. The van der Waals surface area contributed by atoms with E-state index in [0.717, 1.165) is 37.1 Å². The van der Waals surface area contributed by atoms with Crippen LogP contribution in [0.15, 0.2) is 48.5 Å². The number of hydrogen-bond donors (Lipinski definition) is 0. The van der Waals surface area contributed by atoms with Gasteiger partial charge in [0, 0.05) is 24.7 Å². The van der Waals surface area contributed by atoms with Gasteiger partial charge in [0.15, 0.2) is 0 Å². The van der Waals surface area contributed by atoms with E-state index in [1.54, 1.807) is 0 Å². The topological polar surface area (TPSA) is 23.6 Å². The molecule has 3 rings (SSSR count). The molecule has 1 aliphatic heterocycles. The minimum Gasteiger partial charge on any atom is -0.337 e. The molecule has 3 heteroatoms. The van der Waals surface area contributed by atoms with Crippen molar-refractivity contribution in [3.05, 3.63) is 59.7 Å². The SMILES string of the molecule is CCc1cccc(-c2cccc(C(=O)N3CC[C@H](N(C)C)C3)c2)c1. The van der Waals surface area contributed by atoms with Crippen LogP contribution in [-0.4, -0.2) is 48.9 Å². The average molecular weight is 322 g/mol. The molecule has 24 heavy (non-hydrogen) atoms. The zero-order valence-electron chi connectivity index (χ0n) is 14.8. The third-order valence-corrected chi connectivity index (χ3v) is 4.96. The van der Waals surface area contributed by atoms with E-state index in [1.807, 2.05) is 23.1 Å². The fourth-order valence-electron chi connectivity index (χ4n) is 3.33. The summed E-state index contributed by atoms with van der Waals surface area (Å²) in [5.74, 6) is 0.146. The molecule has 1 atom stereocenters. The van der Waals surface area contributed by atoms with Crippen molar-refractivity contribution in [2.45, 2.75) is 25.8 Å². The van der Waals surface area contributed by atoms with E-state index < -0.39 is 0 Å². The smallest absolute Gasteiger partial charge is 0.253 e. The van der Waals surface area contributed by atoms with Crippen molar-refractivity contribution in [2.24, 2.45) is 0 Å². The number of carbonyl (C=O) groups is 1. The predicted octanol–water partition coefficient (Wildman–Crippen LogP) is 3.69. The Balaban J connectivity index is 1.81. The second-order valence-electron chi connectivity index (χ2n) is 6.79. The van der Waals surface area contributed by atoms with Crippen LogP contribution in [0.3, 0.4) is 0 Å². The molecule has 1 saturated heterocycles. The van der Waals surface area contributed by atoms with Crippen molar-refractivity contribution >= 4 is 5.91 Å². The monoisotopic (exact) mass is 322 g/mol. The average Bonchev–Trinajstić information content (AvgIpc) is 3.11. The first-order chi connectivity index (χ1) is 11.6. The van der Waals surface area contributed by atoms with Gasteiger partial charge in [0.2, 0.25) is 0 Å². The molecule has 0 saturated carbocycles. The van der Waals surface area contributed by atoms with E-state index in [2.05, 4.69) is 56.3 Å². The van der Waals surface area contributed by atoms with Gasteiger partial charge in [-0.25, -0.2) is 0 Å². The van der Waals surface area contributed by atoms with Crippen molar-refractivity contribution in [3.8, 4) is 11.1 Å². The van der Waals surface area contributed by atoms with E-state index in [1.165, 1.54) is 11.1 Å². The lowest BCUT2D eigenvalue weighted by Gasteiger charge is -2.20. The molecule has 0 unspecified atom stereocenters. The zero-order chi connectivity index (χ0) is 17.1. The minimum atomic E-state index is 0.146. The van der Waals surface area contributed by atoms with Crippen molar-refractivity contribution in [1.29, 1.82) is 0 Å². The Labute approximate surface area is 144 Å². The summed E-state index contributed by atoms with van der Waals surface area (Å²) in [6, 6.07) is 17.0. The van der Waals surface area contributed by atoms with Crippen molar-refractivity contribution < 1.29 is 4.79 Å². The maximum Gasteiger partial charge on any atom is 0.253 e. The van der Waals surface area contributed by atoms with Gasteiger partial charge < -0.3 is 9.80 Å². The summed E-state index contributed by atoms with van der Waals surface area (Å²) in [5.41, 5.74) is 4.39. The molecule has 2 aromatic rings. The highest BCUT2D eigenvalue weighted by Crippen LogP contribution is 2.23. The number of hydrogen-bond acceptors (Lipinski definition) is 2. The summed E-state index contributed by atoms with van der Waals surface area (Å²) in [6.07, 6.45) is 2.07. The zero-order valence-corrected chi connectivity index (χ0v) is 14.8. The molecule has 0 N–H and O–H groups in total. The van der Waals surface area contributed by atoms with Crippen molar-refractivity contribution in [3.63, 3.8) is 0 Å². The predicted molar refractivity (Wildman–Crippen MR) is 99.3 cm³/mol. The molecule has 1 heterocycles. The molecule has 1 aliphatic rings. The molecule has 0 aromatic heterocycles. The number of nitrogens with zero attached hydrogens (tertiary/aromatic N) is 2. The van der Waals surface area contributed by atoms with E-state index in [4.69, 9.17) is 0 Å². The van der Waals surface area contributed by atoms with Crippen LogP contribution >= 0.6 is 0 Å². The van der Waals surface area contributed by atoms with Crippen LogP contribution in [0, 0.1) is 0 Å². The summed E-state index contributed by atoms with van der Waals surface area (Å²) in [6.45, 7) is 3.83. The molecular weight excluding hydrogens is 296 g/mol. The number of rotatable bonds is 4. The van der Waals surface area contributed by atoms with Gasteiger partial charge in [0.25, 0.3) is 5.91 Å². The van der Waals surface area contributed by atoms with E-state index in [0.29, 0.717) is 6.04 Å². The van der Waals surface area contributed by atoms with E-state index >= 15 is 0 Å². The molecular formula is C21H26N2O. The van der Waals surface area contributed by atoms with Gasteiger partial charge in [-0.3, -0.25) is 4.79 Å². The first-order valence-corrected chi connectivity index (χ1v) is 8.73. The van der Waals surface area contributed by atoms with Crippen LogP contribution in [0.25, 0.3) is 11.1 Å². The Kier molecular flexibility index (Phi) is 5.00. The van der Waals surface area contributed by atoms with Gasteiger partial charge in [-0.2, -0.15) is 0 Å². The third-order valence-electron chi connectivity index (χ3n) is 4.96. The number of aryl methyl sites for hydroxylation is 1. The third kappa shape index (κ3) is 3.51. The summed E-state index contributed by atoms with van der Waals surface area (Å²) >= 11 is 0. The highest BCUT2D eigenvalue weighted by Gasteiger charge is 2.28. The standard InChI is InChI=1S/C21H26N2O/c1-4-16-7-5-8-17(13-16)18-9-6-10-19(14-18)21(24)23-12-11-20(15-23)22(2)3/h5-10,13-14,20H,4,11-12,15H2,1-3H3/t20-/m0/s1. The number of likely N-dealkylation sites (tertiary alicyclic amines) is 1. The lowest BCUT2D eigenvalue weighted by atomic mass is 10.00. The van der Waals surface area contributed by atoms with Gasteiger partial charge in [0.05, 0.1) is 0 Å². The molecule has 1 fully saturated rings. The molecule has 0 aliphatic carbocycles. The van der Waals surface area contributed by atoms with Gasteiger partial charge in [-0.05, 0) is 55.8 Å². The summed E-state index contributed by atoms with van der Waals surface area (Å²) in [5, 5.41) is 0. The molecule has 0 bridgehead atoms. The second-order valence-corrected chi connectivity index (χ2v) is 6.79. The van der Waals surface area contributed by atoms with Gasteiger partial charge >= 0.3 is 0 Å². The van der Waals surface area contributed by atoms with Crippen LogP contribution in [0.1, 0.15) is 29.3 Å². The molecule has 1 amide bonds. The Hall–Kier alpha value is -2.13. The quantitative estimate of drug-likeness (QED) is 0.857. The second kappa shape index (κ2) is 7.18. The molecule has 3 nitrogen and oxygen atoms in total. The van der Waals surface area contributed by atoms with Crippen LogP contribution < -0.4 is 0 Å². The Morgan fingerprint density at radius 3 is 2.50 bits per heavy atom. The maximum atomic E-state index is 12.8. The van der Waals surface area contributed by atoms with Gasteiger partial charge in [0.1, 0.15) is 0 Å². The van der Waals surface area contributed by atoms with Crippen molar-refractivity contribution in [2.75, 3.05) is 27.2 Å². The van der Waals surface area contributed by atoms with Crippen LogP contribution in [-0.2, 0) is 6.42 Å². The fraction of sp³-hybridized carbons (Fsp3) is 0.381. The highest BCUT2D eigenvalue weighted by molar-refractivity contribution is 5.95. The summed E-state index contributed by atoms with van der Waals surface area (Å²) in [7, 11) is 4.17. The Morgan fingerprint density at radius 2 is 1.83 bits per heavy atom. The molecule has 126 valence electrons. The van der Waals surface area contributed by atoms with E-state index in [9.17, 15) is 4.79 Å². The van der Waals surface area contributed by atoms with Gasteiger partial charge in [-0.1, -0.05) is 43.3 Å². The number of benzene rings is 2. The highest BCUT2D eigenvalue weighted by atomic mass is 16.2. The maximum absolute atomic E-state index is 12.8. The van der Waals surface area contributed by atoms with Crippen LogP contribution in [0.4, 0.5) is 0 Å². The Morgan fingerprint density at radius 1 is 1.12 bits per heavy atom. The number of amides is 1. The van der Waals surface area contributed by atoms with Crippen molar-refractivity contribution in [1.82, 2.24) is 9.80 Å².